The third kappa shape index (κ3) is 3.49. The van der Waals surface area contributed by atoms with Gasteiger partial charge in [0, 0.05) is 63.8 Å². The quantitative estimate of drug-likeness (QED) is 0.279. The van der Waals surface area contributed by atoms with E-state index in [2.05, 4.69) is 134 Å². The van der Waals surface area contributed by atoms with Crippen molar-refractivity contribution in [1.82, 2.24) is 9.97 Å². The molecule has 0 aliphatic rings. The molecule has 0 spiro atoms. The average molecular weight is 475 g/mol. The number of nitrogens with zero attached hydrogens (tertiary/aromatic N) is 6. The zero-order chi connectivity index (χ0) is 25.1. The maximum Gasteiger partial charge on any atom is 0.233 e. The Morgan fingerprint density at radius 2 is 0.806 bits per heavy atom. The number of benzene rings is 4. The van der Waals surface area contributed by atoms with E-state index in [1.807, 2.05) is 0 Å². The molecule has 0 amide bonds. The summed E-state index contributed by atoms with van der Waals surface area (Å²) in [6, 6.07) is 25.9. The van der Waals surface area contributed by atoms with E-state index in [0.717, 1.165) is 66.6 Å². The van der Waals surface area contributed by atoms with E-state index in [4.69, 9.17) is 9.97 Å². The van der Waals surface area contributed by atoms with Gasteiger partial charge in [-0.25, -0.2) is 9.97 Å². The third-order valence-electron chi connectivity index (χ3n) is 7.16. The lowest BCUT2D eigenvalue weighted by Crippen LogP contribution is -2.31. The number of hydrogen-bond donors (Lipinski definition) is 0. The van der Waals surface area contributed by atoms with Gasteiger partial charge in [0.1, 0.15) is 36.2 Å². The van der Waals surface area contributed by atoms with Crippen LogP contribution in [-0.4, -0.2) is 38.2 Å². The molecule has 0 aliphatic carbocycles. The Kier molecular flexibility index (Phi) is 5.00. The highest BCUT2D eigenvalue weighted by Crippen LogP contribution is 2.27. The molecule has 0 radical (unpaired) electrons. The maximum atomic E-state index is 4.94. The summed E-state index contributed by atoms with van der Waals surface area (Å²) in [4.78, 5) is 14.1. The van der Waals surface area contributed by atoms with Crippen LogP contribution in [0.1, 0.15) is 0 Å². The fourth-order valence-electron chi connectivity index (χ4n) is 4.96. The van der Waals surface area contributed by atoms with Crippen molar-refractivity contribution in [2.45, 2.75) is 0 Å². The van der Waals surface area contributed by atoms with Crippen LogP contribution in [0.5, 0.6) is 0 Å². The Hall–Kier alpha value is -4.32. The summed E-state index contributed by atoms with van der Waals surface area (Å²) in [7, 11) is 12.5. The van der Waals surface area contributed by atoms with Gasteiger partial charge in [-0.3, -0.25) is 0 Å². The molecule has 0 unspecified atom stereocenters. The van der Waals surface area contributed by atoms with E-state index in [1.54, 1.807) is 0 Å². The third-order valence-corrected chi connectivity index (χ3v) is 7.16. The van der Waals surface area contributed by atoms with Gasteiger partial charge >= 0.3 is 0 Å². The molecule has 0 saturated heterocycles. The Morgan fingerprint density at radius 1 is 0.472 bits per heavy atom. The van der Waals surface area contributed by atoms with Crippen LogP contribution in [0.2, 0.25) is 0 Å². The van der Waals surface area contributed by atoms with E-state index < -0.39 is 0 Å². The Bertz CT molecular complexity index is 1690. The highest BCUT2D eigenvalue weighted by atomic mass is 15.1. The van der Waals surface area contributed by atoms with E-state index in [-0.39, 0.29) is 0 Å². The smallest absolute Gasteiger partial charge is 0.233 e. The minimum absolute atomic E-state index is 0.988. The topological polar surface area (TPSA) is 40.0 Å². The fourth-order valence-corrected chi connectivity index (χ4v) is 4.96. The number of anilines is 2. The van der Waals surface area contributed by atoms with Crippen LogP contribution in [0.3, 0.4) is 0 Å². The first-order valence-corrected chi connectivity index (χ1v) is 12.1. The molecule has 178 valence electrons. The minimum atomic E-state index is 0.988. The summed E-state index contributed by atoms with van der Waals surface area (Å²) in [6.07, 6.45) is 0. The van der Waals surface area contributed by atoms with Gasteiger partial charge in [-0.2, -0.15) is 9.13 Å². The van der Waals surface area contributed by atoms with Crippen molar-refractivity contribution in [3.05, 3.63) is 72.8 Å². The van der Waals surface area contributed by atoms with Crippen molar-refractivity contribution in [3.8, 4) is 11.1 Å². The van der Waals surface area contributed by atoms with E-state index >= 15 is 0 Å². The van der Waals surface area contributed by atoms with Crippen LogP contribution < -0.4 is 18.9 Å². The second-order valence-corrected chi connectivity index (χ2v) is 9.88. The minimum Gasteiger partial charge on any atom is -0.377 e. The molecule has 0 N–H and O–H groups in total. The first-order valence-electron chi connectivity index (χ1n) is 12.1. The zero-order valence-corrected chi connectivity index (χ0v) is 21.6. The molecule has 0 saturated carbocycles. The lowest BCUT2D eigenvalue weighted by molar-refractivity contribution is -0.618. The van der Waals surface area contributed by atoms with Crippen LogP contribution in [0, 0.1) is 0 Å². The van der Waals surface area contributed by atoms with Gasteiger partial charge in [0.2, 0.25) is 22.1 Å². The molecule has 36 heavy (non-hydrogen) atoms. The molecule has 0 bridgehead atoms. The van der Waals surface area contributed by atoms with Gasteiger partial charge in [-0.05, 0) is 47.5 Å². The van der Waals surface area contributed by atoms with E-state index in [0.29, 0.717) is 0 Å². The highest BCUT2D eigenvalue weighted by molar-refractivity contribution is 5.89. The molecule has 2 aromatic heterocycles. The number of fused-ring (bicyclic) bond motifs is 4. The predicted molar refractivity (Wildman–Crippen MR) is 148 cm³/mol. The van der Waals surface area contributed by atoms with Gasteiger partial charge in [0.15, 0.2) is 0 Å². The molecule has 6 aromatic rings. The second kappa shape index (κ2) is 8.12. The Labute approximate surface area is 210 Å². The van der Waals surface area contributed by atoms with Crippen molar-refractivity contribution < 1.29 is 9.13 Å². The summed E-state index contributed by atoms with van der Waals surface area (Å²) in [5, 5.41) is 0. The molecule has 0 fully saturated rings. The summed E-state index contributed by atoms with van der Waals surface area (Å²) < 4.78 is 4.49. The predicted octanol–water partition coefficient (Wildman–Crippen LogP) is 4.54. The van der Waals surface area contributed by atoms with E-state index in [1.165, 1.54) is 0 Å². The first-order chi connectivity index (χ1) is 17.3. The first kappa shape index (κ1) is 22.2. The molecule has 6 rings (SSSR count). The summed E-state index contributed by atoms with van der Waals surface area (Å²) in [5.41, 5.74) is 13.0. The largest absolute Gasteiger partial charge is 0.377 e. The molecule has 0 aliphatic heterocycles. The van der Waals surface area contributed by atoms with Gasteiger partial charge in [-0.1, -0.05) is 12.1 Å². The Morgan fingerprint density at radius 3 is 1.17 bits per heavy atom. The molecular formula is C30H30N6+2. The molecule has 4 aromatic carbocycles. The number of aromatic nitrogens is 4. The van der Waals surface area contributed by atoms with Crippen molar-refractivity contribution in [2.75, 3.05) is 38.0 Å². The van der Waals surface area contributed by atoms with E-state index in [9.17, 15) is 0 Å². The SMILES string of the molecule is CN(C)c1ccc2nc3ccc(-c4ccc5nc6ccc(N(C)C)cc6[n+](C)c5c4)cc3[n+](C)c2c1. The monoisotopic (exact) mass is 474 g/mol. The van der Waals surface area contributed by atoms with Crippen molar-refractivity contribution in [2.24, 2.45) is 14.1 Å². The normalized spacial score (nSPS) is 11.6. The lowest BCUT2D eigenvalue weighted by Gasteiger charge is -2.12. The lowest BCUT2D eigenvalue weighted by atomic mass is 10.0. The fraction of sp³-hybridized carbons (Fsp3) is 0.200. The van der Waals surface area contributed by atoms with Crippen LogP contribution in [0.4, 0.5) is 11.4 Å². The molecule has 0 atom stereocenters. The zero-order valence-electron chi connectivity index (χ0n) is 21.6. The summed E-state index contributed by atoms with van der Waals surface area (Å²) >= 11 is 0. The van der Waals surface area contributed by atoms with Crippen LogP contribution >= 0.6 is 0 Å². The average Bonchev–Trinajstić information content (AvgIpc) is 2.88. The van der Waals surface area contributed by atoms with Gasteiger partial charge in [0.25, 0.3) is 0 Å². The molecule has 2 heterocycles. The van der Waals surface area contributed by atoms with Gasteiger partial charge < -0.3 is 9.80 Å². The van der Waals surface area contributed by atoms with Gasteiger partial charge in [0.05, 0.1) is 0 Å². The number of aryl methyl sites for hydroxylation is 2. The summed E-state index contributed by atoms with van der Waals surface area (Å²) in [6.45, 7) is 0. The molecule has 6 nitrogen and oxygen atoms in total. The van der Waals surface area contributed by atoms with Crippen LogP contribution in [0.25, 0.3) is 55.3 Å². The number of hydrogen-bond acceptors (Lipinski definition) is 4. The van der Waals surface area contributed by atoms with Crippen molar-refractivity contribution >= 4 is 55.5 Å². The number of rotatable bonds is 3. The van der Waals surface area contributed by atoms with Crippen LogP contribution in [-0.2, 0) is 14.1 Å². The van der Waals surface area contributed by atoms with Crippen molar-refractivity contribution in [1.29, 1.82) is 0 Å². The second-order valence-electron chi connectivity index (χ2n) is 9.88. The Balaban J connectivity index is 1.53. The van der Waals surface area contributed by atoms with Crippen LogP contribution in [0.15, 0.2) is 72.8 Å². The van der Waals surface area contributed by atoms with Gasteiger partial charge in [-0.15, -0.1) is 0 Å². The maximum absolute atomic E-state index is 4.94. The molecular weight excluding hydrogens is 444 g/mol. The standard InChI is InChI=1S/C30H30N6/c1-33(2)21-9-13-25-29(17-21)35(5)27-15-19(7-11-23(27)31-25)20-8-12-24-28(16-20)36(6)30-18-22(34(3)4)10-14-26(30)32-24/h7-18H,1-6H3/q+2. The highest BCUT2D eigenvalue weighted by Gasteiger charge is 2.18. The molecule has 6 heteroatoms. The summed E-state index contributed by atoms with van der Waals surface area (Å²) in [5.74, 6) is 0. The van der Waals surface area contributed by atoms with Crippen molar-refractivity contribution in [3.63, 3.8) is 0 Å².